The second kappa shape index (κ2) is 2.95. The fraction of sp³-hybridized carbons (Fsp3) is 0.857. The number of hydrogen-bond acceptors (Lipinski definition) is 1. The molecule has 0 aromatic heterocycles. The lowest BCUT2D eigenvalue weighted by Gasteiger charge is -2.21. The zero-order valence-electron chi connectivity index (χ0n) is 5.52. The van der Waals surface area contributed by atoms with Gasteiger partial charge in [-0.1, -0.05) is 12.8 Å². The molecule has 0 heterocycles. The first-order valence-corrected chi connectivity index (χ1v) is 3.44. The van der Waals surface area contributed by atoms with Crippen molar-refractivity contribution in [3.63, 3.8) is 0 Å². The largest absolute Gasteiger partial charge is 0.295 e. The second-order valence-corrected chi connectivity index (χ2v) is 2.55. The van der Waals surface area contributed by atoms with Crippen LogP contribution in [-0.2, 0) is 0 Å². The van der Waals surface area contributed by atoms with Crippen molar-refractivity contribution in [2.24, 2.45) is 4.99 Å². The van der Waals surface area contributed by atoms with Gasteiger partial charge in [0.25, 0.3) is 0 Å². The molecule has 1 nitrogen and oxygen atoms in total. The summed E-state index contributed by atoms with van der Waals surface area (Å²) < 4.78 is 12.7. The predicted octanol–water partition coefficient (Wildman–Crippen LogP) is 1.97. The first-order valence-electron chi connectivity index (χ1n) is 3.44. The third kappa shape index (κ3) is 1.50. The second-order valence-electron chi connectivity index (χ2n) is 2.55. The summed E-state index contributed by atoms with van der Waals surface area (Å²) >= 11 is 0. The van der Waals surface area contributed by atoms with Crippen molar-refractivity contribution < 1.29 is 4.39 Å². The Kier molecular flexibility index (Phi) is 2.20. The van der Waals surface area contributed by atoms with Crippen LogP contribution in [0.4, 0.5) is 4.39 Å². The van der Waals surface area contributed by atoms with Crippen LogP contribution in [-0.4, -0.2) is 18.9 Å². The summed E-state index contributed by atoms with van der Waals surface area (Å²) in [4.78, 5) is 3.70. The molecule has 0 radical (unpaired) electrons. The number of halogens is 1. The molecule has 0 aromatic rings. The lowest BCUT2D eigenvalue weighted by atomic mass is 9.94. The van der Waals surface area contributed by atoms with Gasteiger partial charge in [-0.2, -0.15) is 0 Å². The molecule has 9 heavy (non-hydrogen) atoms. The van der Waals surface area contributed by atoms with Gasteiger partial charge in [0.2, 0.25) is 0 Å². The Morgan fingerprint density at radius 3 is 2.44 bits per heavy atom. The molecule has 0 aliphatic heterocycles. The van der Waals surface area contributed by atoms with Crippen LogP contribution >= 0.6 is 0 Å². The Labute approximate surface area is 55.0 Å². The summed E-state index contributed by atoms with van der Waals surface area (Å²) in [5.74, 6) is 0. The minimum absolute atomic E-state index is 0.0984. The highest BCUT2D eigenvalue weighted by molar-refractivity contribution is 5.24. The zero-order chi connectivity index (χ0) is 6.69. The number of hydrogen-bond donors (Lipinski definition) is 0. The van der Waals surface area contributed by atoms with Crippen LogP contribution in [0.15, 0.2) is 4.99 Å². The van der Waals surface area contributed by atoms with Gasteiger partial charge in [-0.05, 0) is 19.6 Å². The van der Waals surface area contributed by atoms with Crippen molar-refractivity contribution in [1.29, 1.82) is 0 Å². The lowest BCUT2D eigenvalue weighted by Crippen LogP contribution is -2.23. The van der Waals surface area contributed by atoms with E-state index < -0.39 is 6.17 Å². The van der Waals surface area contributed by atoms with E-state index in [9.17, 15) is 4.39 Å². The fourth-order valence-corrected chi connectivity index (χ4v) is 1.27. The van der Waals surface area contributed by atoms with Crippen molar-refractivity contribution in [3.8, 4) is 0 Å². The van der Waals surface area contributed by atoms with Crippen molar-refractivity contribution in [2.75, 3.05) is 0 Å². The van der Waals surface area contributed by atoms with Gasteiger partial charge >= 0.3 is 0 Å². The van der Waals surface area contributed by atoms with E-state index in [-0.39, 0.29) is 6.04 Å². The van der Waals surface area contributed by atoms with Crippen LogP contribution in [0.1, 0.15) is 25.7 Å². The monoisotopic (exact) mass is 129 g/mol. The van der Waals surface area contributed by atoms with Gasteiger partial charge < -0.3 is 0 Å². The van der Waals surface area contributed by atoms with E-state index in [0.29, 0.717) is 6.42 Å². The van der Waals surface area contributed by atoms with Crippen LogP contribution < -0.4 is 0 Å². The molecule has 1 fully saturated rings. The SMILES string of the molecule is C=NC1CCCCC1F. The van der Waals surface area contributed by atoms with Gasteiger partial charge in [0.15, 0.2) is 0 Å². The van der Waals surface area contributed by atoms with Crippen LogP contribution in [0.25, 0.3) is 0 Å². The Morgan fingerprint density at radius 1 is 1.33 bits per heavy atom. The molecule has 0 bridgehead atoms. The van der Waals surface area contributed by atoms with Crippen molar-refractivity contribution in [1.82, 2.24) is 0 Å². The maximum Gasteiger partial charge on any atom is 0.122 e. The molecule has 2 heteroatoms. The topological polar surface area (TPSA) is 12.4 Å². The summed E-state index contributed by atoms with van der Waals surface area (Å²) in [6.07, 6.45) is 3.00. The molecule has 0 N–H and O–H groups in total. The smallest absolute Gasteiger partial charge is 0.122 e. The molecule has 1 rings (SSSR count). The van der Waals surface area contributed by atoms with Crippen LogP contribution in [0.3, 0.4) is 0 Å². The van der Waals surface area contributed by atoms with Gasteiger partial charge in [0, 0.05) is 0 Å². The number of alkyl halides is 1. The highest BCUT2D eigenvalue weighted by Crippen LogP contribution is 2.22. The van der Waals surface area contributed by atoms with Gasteiger partial charge in [0.1, 0.15) is 6.17 Å². The Balaban J connectivity index is 2.38. The molecule has 52 valence electrons. The van der Waals surface area contributed by atoms with Crippen LogP contribution in [0, 0.1) is 0 Å². The van der Waals surface area contributed by atoms with Crippen LogP contribution in [0.5, 0.6) is 0 Å². The number of rotatable bonds is 1. The Hall–Kier alpha value is -0.400. The highest BCUT2D eigenvalue weighted by Gasteiger charge is 2.22. The Morgan fingerprint density at radius 2 is 2.00 bits per heavy atom. The molecular formula is C7H12FN. The van der Waals surface area contributed by atoms with Crippen molar-refractivity contribution >= 4 is 6.72 Å². The summed E-state index contributed by atoms with van der Waals surface area (Å²) in [5, 5.41) is 0. The van der Waals surface area contributed by atoms with Crippen molar-refractivity contribution in [3.05, 3.63) is 0 Å². The molecule has 1 saturated carbocycles. The summed E-state index contributed by atoms with van der Waals surface area (Å²) in [5.41, 5.74) is 0. The molecular weight excluding hydrogens is 117 g/mol. The van der Waals surface area contributed by atoms with Crippen LogP contribution in [0.2, 0.25) is 0 Å². The van der Waals surface area contributed by atoms with Gasteiger partial charge in [0.05, 0.1) is 6.04 Å². The molecule has 2 unspecified atom stereocenters. The minimum Gasteiger partial charge on any atom is -0.295 e. The molecule has 2 atom stereocenters. The van der Waals surface area contributed by atoms with E-state index in [1.807, 2.05) is 0 Å². The van der Waals surface area contributed by atoms with E-state index in [1.54, 1.807) is 0 Å². The molecule has 0 amide bonds. The first-order chi connectivity index (χ1) is 4.34. The third-order valence-electron chi connectivity index (χ3n) is 1.88. The Bertz CT molecular complexity index is 103. The lowest BCUT2D eigenvalue weighted by molar-refractivity contribution is 0.220. The first kappa shape index (κ1) is 6.72. The van der Waals surface area contributed by atoms with E-state index in [0.717, 1.165) is 19.3 Å². The fourth-order valence-electron chi connectivity index (χ4n) is 1.27. The van der Waals surface area contributed by atoms with Gasteiger partial charge in [-0.25, -0.2) is 4.39 Å². The van der Waals surface area contributed by atoms with E-state index >= 15 is 0 Å². The summed E-state index contributed by atoms with van der Waals surface area (Å²) in [7, 11) is 0. The molecule has 1 aliphatic rings. The number of nitrogens with zero attached hydrogens (tertiary/aromatic N) is 1. The predicted molar refractivity (Wildman–Crippen MR) is 36.7 cm³/mol. The van der Waals surface area contributed by atoms with E-state index in [1.165, 1.54) is 0 Å². The molecule has 0 aromatic carbocycles. The van der Waals surface area contributed by atoms with E-state index in [4.69, 9.17) is 0 Å². The van der Waals surface area contributed by atoms with Gasteiger partial charge in [-0.3, -0.25) is 4.99 Å². The normalized spacial score (nSPS) is 36.1. The highest BCUT2D eigenvalue weighted by atomic mass is 19.1. The zero-order valence-corrected chi connectivity index (χ0v) is 5.52. The quantitative estimate of drug-likeness (QED) is 0.480. The van der Waals surface area contributed by atoms with E-state index in [2.05, 4.69) is 11.7 Å². The maximum atomic E-state index is 12.7. The number of aliphatic imine (C=N–C) groups is 1. The summed E-state index contributed by atoms with van der Waals surface area (Å²) in [6, 6.07) is -0.0984. The molecule has 0 saturated heterocycles. The maximum absolute atomic E-state index is 12.7. The molecule has 0 spiro atoms. The molecule has 1 aliphatic carbocycles. The average Bonchev–Trinajstić information content (AvgIpc) is 1.89. The minimum atomic E-state index is -0.712. The van der Waals surface area contributed by atoms with Gasteiger partial charge in [-0.15, -0.1) is 0 Å². The standard InChI is InChI=1S/C7H12FN/c1-9-7-5-3-2-4-6(7)8/h6-7H,1-5H2. The average molecular weight is 129 g/mol. The van der Waals surface area contributed by atoms with Crippen molar-refractivity contribution in [2.45, 2.75) is 37.9 Å². The third-order valence-corrected chi connectivity index (χ3v) is 1.88. The summed E-state index contributed by atoms with van der Waals surface area (Å²) in [6.45, 7) is 3.34.